The van der Waals surface area contributed by atoms with E-state index in [1.807, 2.05) is 30.3 Å². The second-order valence-electron chi connectivity index (χ2n) is 5.84. The standard InChI is InChI=1S/C19H17F2N5O2/c20-16-7-6-14(8-17(16)21)25-18(27)11-23-19(28)22-9-13-10-24-26(12-13)15-4-2-1-3-5-15/h1-8,10,12H,9,11H2,(H,25,27)(H2,22,23,28). The molecule has 1 aromatic heterocycles. The molecule has 0 saturated carbocycles. The van der Waals surface area contributed by atoms with Crippen molar-refractivity contribution in [1.29, 1.82) is 0 Å². The number of rotatable bonds is 6. The second kappa shape index (κ2) is 8.76. The van der Waals surface area contributed by atoms with E-state index in [-0.39, 0.29) is 18.8 Å². The van der Waals surface area contributed by atoms with Gasteiger partial charge >= 0.3 is 6.03 Å². The van der Waals surface area contributed by atoms with E-state index in [4.69, 9.17) is 0 Å². The minimum Gasteiger partial charge on any atom is -0.334 e. The van der Waals surface area contributed by atoms with Gasteiger partial charge in [0.25, 0.3) is 0 Å². The van der Waals surface area contributed by atoms with Gasteiger partial charge in [0.15, 0.2) is 11.6 Å². The van der Waals surface area contributed by atoms with Crippen molar-refractivity contribution in [2.75, 3.05) is 11.9 Å². The first-order chi connectivity index (χ1) is 13.5. The molecule has 0 aliphatic heterocycles. The van der Waals surface area contributed by atoms with Gasteiger partial charge in [-0.1, -0.05) is 18.2 Å². The minimum absolute atomic E-state index is 0.0967. The number of carbonyl (C=O) groups is 2. The number of amides is 3. The van der Waals surface area contributed by atoms with Gasteiger partial charge in [-0.05, 0) is 24.3 Å². The second-order valence-corrected chi connectivity index (χ2v) is 5.84. The van der Waals surface area contributed by atoms with Crippen molar-refractivity contribution in [2.24, 2.45) is 0 Å². The van der Waals surface area contributed by atoms with E-state index in [2.05, 4.69) is 21.0 Å². The van der Waals surface area contributed by atoms with Gasteiger partial charge in [-0.3, -0.25) is 4.79 Å². The van der Waals surface area contributed by atoms with Gasteiger partial charge in [-0.25, -0.2) is 18.3 Å². The van der Waals surface area contributed by atoms with Crippen molar-refractivity contribution in [2.45, 2.75) is 6.54 Å². The molecule has 9 heteroatoms. The first kappa shape index (κ1) is 19.0. The average Bonchev–Trinajstić information content (AvgIpc) is 3.17. The van der Waals surface area contributed by atoms with Crippen molar-refractivity contribution < 1.29 is 18.4 Å². The fraction of sp³-hybridized carbons (Fsp3) is 0.105. The predicted octanol–water partition coefficient (Wildman–Crippen LogP) is 2.59. The molecule has 0 aliphatic carbocycles. The summed E-state index contributed by atoms with van der Waals surface area (Å²) in [5.41, 5.74) is 1.77. The molecule has 3 aromatic rings. The molecule has 3 amide bonds. The molecule has 0 saturated heterocycles. The highest BCUT2D eigenvalue weighted by molar-refractivity contribution is 5.94. The van der Waals surface area contributed by atoms with Crippen LogP contribution in [0.3, 0.4) is 0 Å². The first-order valence-electron chi connectivity index (χ1n) is 8.37. The zero-order valence-corrected chi connectivity index (χ0v) is 14.7. The number of carbonyl (C=O) groups excluding carboxylic acids is 2. The quantitative estimate of drug-likeness (QED) is 0.609. The van der Waals surface area contributed by atoms with Crippen molar-refractivity contribution in [3.8, 4) is 5.69 Å². The molecular formula is C19H17F2N5O2. The van der Waals surface area contributed by atoms with Crippen LogP contribution < -0.4 is 16.0 Å². The zero-order chi connectivity index (χ0) is 19.9. The Labute approximate surface area is 159 Å². The molecule has 0 spiro atoms. The minimum atomic E-state index is -1.07. The summed E-state index contributed by atoms with van der Waals surface area (Å²) in [6.45, 7) is -0.0996. The molecule has 0 bridgehead atoms. The largest absolute Gasteiger partial charge is 0.334 e. The summed E-state index contributed by atoms with van der Waals surface area (Å²) in [7, 11) is 0. The fourth-order valence-electron chi connectivity index (χ4n) is 2.36. The van der Waals surface area contributed by atoms with Crippen LogP contribution in [-0.4, -0.2) is 28.3 Å². The third-order valence-electron chi connectivity index (χ3n) is 3.72. The number of aromatic nitrogens is 2. The van der Waals surface area contributed by atoms with Crippen LogP contribution in [0, 0.1) is 11.6 Å². The summed E-state index contributed by atoms with van der Waals surface area (Å²) in [5.74, 6) is -2.65. The Morgan fingerprint density at radius 3 is 2.54 bits per heavy atom. The van der Waals surface area contributed by atoms with E-state index in [1.165, 1.54) is 6.07 Å². The van der Waals surface area contributed by atoms with Crippen molar-refractivity contribution in [1.82, 2.24) is 20.4 Å². The molecule has 28 heavy (non-hydrogen) atoms. The number of nitrogens with zero attached hydrogens (tertiary/aromatic N) is 2. The lowest BCUT2D eigenvalue weighted by Gasteiger charge is -2.08. The Hall–Kier alpha value is -3.75. The smallest absolute Gasteiger partial charge is 0.315 e. The monoisotopic (exact) mass is 385 g/mol. The SMILES string of the molecule is O=C(CNC(=O)NCc1cnn(-c2ccccc2)c1)Nc1ccc(F)c(F)c1. The first-order valence-corrected chi connectivity index (χ1v) is 8.37. The normalized spacial score (nSPS) is 10.4. The van der Waals surface area contributed by atoms with Gasteiger partial charge in [-0.15, -0.1) is 0 Å². The zero-order valence-electron chi connectivity index (χ0n) is 14.7. The number of anilines is 1. The van der Waals surface area contributed by atoms with E-state index < -0.39 is 23.6 Å². The summed E-state index contributed by atoms with van der Waals surface area (Å²) in [6.07, 6.45) is 3.41. The number of urea groups is 1. The Morgan fingerprint density at radius 1 is 1.00 bits per heavy atom. The topological polar surface area (TPSA) is 88.1 Å². The highest BCUT2D eigenvalue weighted by Crippen LogP contribution is 2.12. The lowest BCUT2D eigenvalue weighted by atomic mass is 10.3. The van der Waals surface area contributed by atoms with Gasteiger partial charge in [0.2, 0.25) is 5.91 Å². The summed E-state index contributed by atoms with van der Waals surface area (Å²) >= 11 is 0. The maximum absolute atomic E-state index is 13.1. The van der Waals surface area contributed by atoms with Crippen molar-refractivity contribution in [3.63, 3.8) is 0 Å². The highest BCUT2D eigenvalue weighted by atomic mass is 19.2. The van der Waals surface area contributed by atoms with E-state index in [0.29, 0.717) is 0 Å². The number of hydrogen-bond donors (Lipinski definition) is 3. The van der Waals surface area contributed by atoms with Crippen molar-refractivity contribution in [3.05, 3.63) is 78.1 Å². The Bertz CT molecular complexity index is 975. The number of benzene rings is 2. The number of para-hydroxylation sites is 1. The van der Waals surface area contributed by atoms with Crippen LogP contribution in [-0.2, 0) is 11.3 Å². The number of hydrogen-bond acceptors (Lipinski definition) is 3. The van der Waals surface area contributed by atoms with Crippen LogP contribution in [0.1, 0.15) is 5.56 Å². The molecule has 3 N–H and O–H groups in total. The Kier molecular flexibility index (Phi) is 5.95. The van der Waals surface area contributed by atoms with Crippen LogP contribution in [0.5, 0.6) is 0 Å². The maximum atomic E-state index is 13.1. The summed E-state index contributed by atoms with van der Waals surface area (Å²) in [4.78, 5) is 23.6. The Balaban J connectivity index is 1.42. The third-order valence-corrected chi connectivity index (χ3v) is 3.72. The molecule has 0 unspecified atom stereocenters. The highest BCUT2D eigenvalue weighted by Gasteiger charge is 2.08. The van der Waals surface area contributed by atoms with Crippen LogP contribution in [0.4, 0.5) is 19.3 Å². The summed E-state index contributed by atoms with van der Waals surface area (Å²) in [5, 5.41) is 11.6. The van der Waals surface area contributed by atoms with Crippen molar-refractivity contribution >= 4 is 17.6 Å². The molecule has 7 nitrogen and oxygen atoms in total. The molecular weight excluding hydrogens is 368 g/mol. The van der Waals surface area contributed by atoms with E-state index in [9.17, 15) is 18.4 Å². The van der Waals surface area contributed by atoms with Crippen LogP contribution in [0.2, 0.25) is 0 Å². The van der Waals surface area contributed by atoms with Crippen LogP contribution in [0.15, 0.2) is 60.9 Å². The molecule has 0 aliphatic rings. The third kappa shape index (κ3) is 5.13. The van der Waals surface area contributed by atoms with Crippen LogP contribution >= 0.6 is 0 Å². The fourth-order valence-corrected chi connectivity index (χ4v) is 2.36. The van der Waals surface area contributed by atoms with E-state index in [1.54, 1.807) is 17.1 Å². The van der Waals surface area contributed by atoms with Gasteiger partial charge in [0, 0.05) is 30.1 Å². The summed E-state index contributed by atoms with van der Waals surface area (Å²) in [6, 6.07) is 11.9. The predicted molar refractivity (Wildman–Crippen MR) is 98.8 cm³/mol. The molecule has 1 heterocycles. The maximum Gasteiger partial charge on any atom is 0.315 e. The molecule has 0 radical (unpaired) electrons. The van der Waals surface area contributed by atoms with Crippen LogP contribution in [0.25, 0.3) is 5.69 Å². The number of halogens is 2. The van der Waals surface area contributed by atoms with Gasteiger partial charge < -0.3 is 16.0 Å². The van der Waals surface area contributed by atoms with Gasteiger partial charge in [0.1, 0.15) is 0 Å². The van der Waals surface area contributed by atoms with Gasteiger partial charge in [0.05, 0.1) is 18.4 Å². The van der Waals surface area contributed by atoms with Gasteiger partial charge in [-0.2, -0.15) is 5.10 Å². The molecule has 0 fully saturated rings. The molecule has 0 atom stereocenters. The molecule has 2 aromatic carbocycles. The summed E-state index contributed by atoms with van der Waals surface area (Å²) < 4.78 is 27.6. The lowest BCUT2D eigenvalue weighted by Crippen LogP contribution is -2.39. The number of nitrogens with one attached hydrogen (secondary N) is 3. The average molecular weight is 385 g/mol. The Morgan fingerprint density at radius 2 is 1.79 bits per heavy atom. The molecule has 144 valence electrons. The van der Waals surface area contributed by atoms with E-state index >= 15 is 0 Å². The van der Waals surface area contributed by atoms with E-state index in [0.717, 1.165) is 23.4 Å². The molecule has 3 rings (SSSR count). The lowest BCUT2D eigenvalue weighted by molar-refractivity contribution is -0.115.